The van der Waals surface area contributed by atoms with Gasteiger partial charge in [-0.05, 0) is 36.8 Å². The normalized spacial score (nSPS) is 12.9. The van der Waals surface area contributed by atoms with Crippen LogP contribution in [0, 0.1) is 0 Å². The summed E-state index contributed by atoms with van der Waals surface area (Å²) in [7, 11) is 0. The molecule has 0 saturated heterocycles. The molecule has 0 aliphatic carbocycles. The molecule has 2 aromatic carbocycles. The molecule has 27 heavy (non-hydrogen) atoms. The molecule has 0 spiro atoms. The van der Waals surface area contributed by atoms with Crippen molar-refractivity contribution < 1.29 is 19.3 Å². The van der Waals surface area contributed by atoms with Crippen LogP contribution in [0.5, 0.6) is 23.0 Å². The topological polar surface area (TPSA) is 80.8 Å². The lowest BCUT2D eigenvalue weighted by atomic mass is 10.1. The fourth-order valence-corrected chi connectivity index (χ4v) is 3.10. The Hall–Kier alpha value is -2.86. The third-order valence-corrected chi connectivity index (χ3v) is 4.60. The lowest BCUT2D eigenvalue weighted by molar-refractivity contribution is 0.172. The molecule has 1 aromatic heterocycles. The largest absolute Gasteiger partial charge is 0.503 e. The zero-order valence-electron chi connectivity index (χ0n) is 14.5. The van der Waals surface area contributed by atoms with Gasteiger partial charge in [0.15, 0.2) is 17.2 Å². The molecule has 0 saturated carbocycles. The summed E-state index contributed by atoms with van der Waals surface area (Å²) in [5.74, 6) is 1.98. The van der Waals surface area contributed by atoms with Gasteiger partial charge in [-0.25, -0.2) is 0 Å². The van der Waals surface area contributed by atoms with E-state index >= 15 is 0 Å². The third kappa shape index (κ3) is 3.40. The molecule has 0 bridgehead atoms. The summed E-state index contributed by atoms with van der Waals surface area (Å²) in [4.78, 5) is 15.8. The predicted octanol–water partition coefficient (Wildman–Crippen LogP) is 3.68. The Morgan fingerprint density at radius 3 is 2.52 bits per heavy atom. The third-order valence-electron chi connectivity index (χ3n) is 4.33. The summed E-state index contributed by atoms with van der Waals surface area (Å²) < 4.78 is 16.7. The van der Waals surface area contributed by atoms with Gasteiger partial charge in [-0.1, -0.05) is 0 Å². The number of hydrogen-bond acceptors (Lipinski definition) is 5. The van der Waals surface area contributed by atoms with Crippen molar-refractivity contribution in [3.05, 3.63) is 46.6 Å². The van der Waals surface area contributed by atoms with E-state index in [-0.39, 0.29) is 5.75 Å². The number of halogens is 1. The summed E-state index contributed by atoms with van der Waals surface area (Å²) in [6.07, 6.45) is 0.762. The zero-order chi connectivity index (χ0) is 18.8. The first-order valence-corrected chi connectivity index (χ1v) is 9.18. The molecule has 7 heteroatoms. The van der Waals surface area contributed by atoms with Gasteiger partial charge in [-0.2, -0.15) is 0 Å². The summed E-state index contributed by atoms with van der Waals surface area (Å²) in [5, 5.41) is 10.8. The Balaban J connectivity index is 1.73. The number of aromatic amines is 1. The molecule has 0 radical (unpaired) electrons. The van der Waals surface area contributed by atoms with Crippen LogP contribution in [0.1, 0.15) is 6.42 Å². The van der Waals surface area contributed by atoms with Crippen LogP contribution in [-0.2, 0) is 0 Å². The van der Waals surface area contributed by atoms with Crippen LogP contribution >= 0.6 is 11.6 Å². The van der Waals surface area contributed by atoms with Crippen LogP contribution in [0.15, 0.2) is 41.2 Å². The number of aromatic hydroxyl groups is 1. The molecule has 3 aromatic rings. The molecule has 6 nitrogen and oxygen atoms in total. The number of H-pyrrole nitrogens is 1. The highest BCUT2D eigenvalue weighted by molar-refractivity contribution is 6.17. The number of pyridine rings is 1. The van der Waals surface area contributed by atoms with E-state index in [0.717, 1.165) is 6.42 Å². The SMILES string of the molecule is O=c1c(O)c(-c2ccc(OCCCCl)cc2)[nH]c2cc3c(cc12)OCCO3. The van der Waals surface area contributed by atoms with Crippen molar-refractivity contribution in [2.45, 2.75) is 6.42 Å². The van der Waals surface area contributed by atoms with Crippen LogP contribution in [0.3, 0.4) is 0 Å². The highest BCUT2D eigenvalue weighted by atomic mass is 35.5. The first kappa shape index (κ1) is 17.5. The van der Waals surface area contributed by atoms with E-state index in [2.05, 4.69) is 4.98 Å². The van der Waals surface area contributed by atoms with Gasteiger partial charge < -0.3 is 24.3 Å². The van der Waals surface area contributed by atoms with Crippen molar-refractivity contribution in [3.8, 4) is 34.3 Å². The molecule has 4 rings (SSSR count). The molecule has 0 unspecified atom stereocenters. The molecule has 2 heterocycles. The zero-order valence-corrected chi connectivity index (χ0v) is 15.2. The highest BCUT2D eigenvalue weighted by Crippen LogP contribution is 2.35. The van der Waals surface area contributed by atoms with Crippen molar-refractivity contribution >= 4 is 22.5 Å². The Labute approximate surface area is 160 Å². The van der Waals surface area contributed by atoms with Gasteiger partial charge >= 0.3 is 0 Å². The molecule has 0 atom stereocenters. The molecule has 0 fully saturated rings. The number of benzene rings is 2. The van der Waals surface area contributed by atoms with Crippen LogP contribution in [-0.4, -0.2) is 35.8 Å². The minimum Gasteiger partial charge on any atom is -0.503 e. The summed E-state index contributed by atoms with van der Waals surface area (Å²) in [5.41, 5.74) is 1.13. The van der Waals surface area contributed by atoms with Gasteiger partial charge in [0.05, 0.1) is 23.2 Å². The van der Waals surface area contributed by atoms with Crippen LogP contribution in [0.2, 0.25) is 0 Å². The number of rotatable bonds is 5. The maximum absolute atomic E-state index is 12.6. The number of hydrogen-bond donors (Lipinski definition) is 2. The van der Waals surface area contributed by atoms with Crippen molar-refractivity contribution in [2.75, 3.05) is 25.7 Å². The second kappa shape index (κ2) is 7.40. The average Bonchev–Trinajstić information content (AvgIpc) is 2.70. The predicted molar refractivity (Wildman–Crippen MR) is 103 cm³/mol. The number of nitrogens with one attached hydrogen (secondary N) is 1. The van der Waals surface area contributed by atoms with Crippen LogP contribution in [0.25, 0.3) is 22.2 Å². The number of ether oxygens (including phenoxy) is 3. The fourth-order valence-electron chi connectivity index (χ4n) is 2.99. The lowest BCUT2D eigenvalue weighted by Gasteiger charge is -2.19. The van der Waals surface area contributed by atoms with Gasteiger partial charge in [0, 0.05) is 17.5 Å². The molecule has 140 valence electrons. The van der Waals surface area contributed by atoms with E-state index in [4.69, 9.17) is 25.8 Å². The van der Waals surface area contributed by atoms with E-state index in [1.807, 2.05) is 0 Å². The molecule has 0 amide bonds. The average molecular weight is 388 g/mol. The number of aromatic nitrogens is 1. The maximum Gasteiger partial charge on any atom is 0.231 e. The molecule has 1 aliphatic rings. The summed E-state index contributed by atoms with van der Waals surface area (Å²) in [6, 6.07) is 10.5. The van der Waals surface area contributed by atoms with E-state index in [9.17, 15) is 9.90 Å². The van der Waals surface area contributed by atoms with Crippen molar-refractivity contribution in [3.63, 3.8) is 0 Å². The van der Waals surface area contributed by atoms with E-state index in [1.54, 1.807) is 36.4 Å². The number of alkyl halides is 1. The van der Waals surface area contributed by atoms with Gasteiger partial charge in [0.1, 0.15) is 19.0 Å². The minimum absolute atomic E-state index is 0.338. The van der Waals surface area contributed by atoms with Gasteiger partial charge in [-0.3, -0.25) is 4.79 Å². The van der Waals surface area contributed by atoms with E-state index in [0.29, 0.717) is 65.1 Å². The first-order chi connectivity index (χ1) is 13.2. The minimum atomic E-state index is -0.460. The first-order valence-electron chi connectivity index (χ1n) is 8.65. The second-order valence-corrected chi connectivity index (χ2v) is 6.51. The molecule has 2 N–H and O–H groups in total. The van der Waals surface area contributed by atoms with Gasteiger partial charge in [0.2, 0.25) is 5.43 Å². The summed E-state index contributed by atoms with van der Waals surface area (Å²) in [6.45, 7) is 1.42. The fraction of sp³-hybridized carbons (Fsp3) is 0.250. The van der Waals surface area contributed by atoms with Gasteiger partial charge in [-0.15, -0.1) is 11.6 Å². The highest BCUT2D eigenvalue weighted by Gasteiger charge is 2.18. The molecular formula is C20H18ClNO5. The van der Waals surface area contributed by atoms with Crippen LogP contribution in [0.4, 0.5) is 0 Å². The van der Waals surface area contributed by atoms with Crippen molar-refractivity contribution in [1.82, 2.24) is 4.98 Å². The van der Waals surface area contributed by atoms with Gasteiger partial charge in [0.25, 0.3) is 0 Å². The molecular weight excluding hydrogens is 370 g/mol. The monoisotopic (exact) mass is 387 g/mol. The van der Waals surface area contributed by atoms with Crippen molar-refractivity contribution in [1.29, 1.82) is 0 Å². The summed E-state index contributed by atoms with van der Waals surface area (Å²) >= 11 is 5.64. The standard InChI is InChI=1S/C20H18ClNO5/c21-6-1-7-25-13-4-2-12(3-5-13)18-20(24)19(23)14-10-16-17(11-15(14)22-18)27-9-8-26-16/h2-5,10-11,24H,1,6-9H2,(H,22,23). The Morgan fingerprint density at radius 2 is 1.81 bits per heavy atom. The van der Waals surface area contributed by atoms with E-state index in [1.165, 1.54) is 0 Å². The smallest absolute Gasteiger partial charge is 0.231 e. The second-order valence-electron chi connectivity index (χ2n) is 6.13. The lowest BCUT2D eigenvalue weighted by Crippen LogP contribution is -2.16. The number of fused-ring (bicyclic) bond motifs is 2. The Kier molecular flexibility index (Phi) is 4.81. The Bertz CT molecular complexity index is 1030. The maximum atomic E-state index is 12.6. The molecule has 1 aliphatic heterocycles. The quantitative estimate of drug-likeness (QED) is 0.515. The van der Waals surface area contributed by atoms with E-state index < -0.39 is 5.43 Å². The van der Waals surface area contributed by atoms with Crippen molar-refractivity contribution in [2.24, 2.45) is 0 Å². The Morgan fingerprint density at radius 1 is 1.11 bits per heavy atom. The van der Waals surface area contributed by atoms with Crippen LogP contribution < -0.4 is 19.6 Å².